The lowest BCUT2D eigenvalue weighted by Crippen LogP contribution is -2.53. The number of carbonyl (C=O) groups excluding carboxylic acids is 1. The van der Waals surface area contributed by atoms with E-state index < -0.39 is 0 Å². The fraction of sp³-hybridized carbons (Fsp3) is 0.909. The highest BCUT2D eigenvalue weighted by molar-refractivity contribution is 5.70. The monoisotopic (exact) mass is 214 g/mol. The number of esters is 1. The van der Waals surface area contributed by atoms with Crippen molar-refractivity contribution in [2.45, 2.75) is 44.7 Å². The molecular formula is C11H22N2O2. The van der Waals surface area contributed by atoms with Crippen LogP contribution in [0.4, 0.5) is 0 Å². The number of rotatable bonds is 3. The first kappa shape index (κ1) is 12.5. The van der Waals surface area contributed by atoms with Crippen LogP contribution in [0.3, 0.4) is 0 Å². The van der Waals surface area contributed by atoms with Gasteiger partial charge in [-0.1, -0.05) is 0 Å². The van der Waals surface area contributed by atoms with Crippen LogP contribution in [0.25, 0.3) is 0 Å². The molecule has 0 spiro atoms. The molecule has 0 aromatic heterocycles. The zero-order valence-corrected chi connectivity index (χ0v) is 9.95. The molecule has 0 aromatic carbocycles. The SMILES string of the molecule is COC(=O)CC1(N)CCN(C(C)C)CC1. The van der Waals surface area contributed by atoms with Crippen molar-refractivity contribution in [3.63, 3.8) is 0 Å². The molecule has 0 saturated carbocycles. The van der Waals surface area contributed by atoms with Crippen LogP contribution in [0.15, 0.2) is 0 Å². The molecular weight excluding hydrogens is 192 g/mol. The average Bonchev–Trinajstić information content (AvgIpc) is 2.17. The summed E-state index contributed by atoms with van der Waals surface area (Å²) in [5, 5.41) is 0. The van der Waals surface area contributed by atoms with Gasteiger partial charge in [-0.05, 0) is 26.7 Å². The van der Waals surface area contributed by atoms with Crippen LogP contribution in [0.1, 0.15) is 33.1 Å². The summed E-state index contributed by atoms with van der Waals surface area (Å²) in [5.41, 5.74) is 5.82. The van der Waals surface area contributed by atoms with E-state index in [-0.39, 0.29) is 11.5 Å². The summed E-state index contributed by atoms with van der Waals surface area (Å²) in [4.78, 5) is 13.6. The van der Waals surface area contributed by atoms with Gasteiger partial charge >= 0.3 is 5.97 Å². The molecule has 1 heterocycles. The Kier molecular flexibility index (Phi) is 4.11. The maximum absolute atomic E-state index is 11.2. The van der Waals surface area contributed by atoms with E-state index in [2.05, 4.69) is 23.5 Å². The van der Waals surface area contributed by atoms with Gasteiger partial charge in [0.1, 0.15) is 0 Å². The first-order chi connectivity index (χ1) is 6.97. The molecule has 1 rings (SSSR count). The van der Waals surface area contributed by atoms with Crippen LogP contribution in [0, 0.1) is 0 Å². The van der Waals surface area contributed by atoms with Gasteiger partial charge in [0.05, 0.1) is 13.5 Å². The van der Waals surface area contributed by atoms with Crippen LogP contribution in [0.2, 0.25) is 0 Å². The normalized spacial score (nSPS) is 21.7. The lowest BCUT2D eigenvalue weighted by molar-refractivity contribution is -0.142. The second-order valence-corrected chi connectivity index (χ2v) is 4.74. The van der Waals surface area contributed by atoms with E-state index in [0.717, 1.165) is 25.9 Å². The molecule has 4 nitrogen and oxygen atoms in total. The van der Waals surface area contributed by atoms with Gasteiger partial charge in [-0.3, -0.25) is 4.79 Å². The molecule has 0 atom stereocenters. The van der Waals surface area contributed by atoms with Gasteiger partial charge < -0.3 is 15.4 Å². The number of nitrogens with zero attached hydrogens (tertiary/aromatic N) is 1. The number of hydrogen-bond acceptors (Lipinski definition) is 4. The quantitative estimate of drug-likeness (QED) is 0.704. The predicted molar refractivity (Wildman–Crippen MR) is 59.5 cm³/mol. The molecule has 15 heavy (non-hydrogen) atoms. The van der Waals surface area contributed by atoms with Crippen molar-refractivity contribution in [3.8, 4) is 0 Å². The summed E-state index contributed by atoms with van der Waals surface area (Å²) in [6.07, 6.45) is 2.09. The highest BCUT2D eigenvalue weighted by Gasteiger charge is 2.33. The number of likely N-dealkylation sites (tertiary alicyclic amines) is 1. The third kappa shape index (κ3) is 3.47. The van der Waals surface area contributed by atoms with Crippen molar-refractivity contribution in [2.24, 2.45) is 5.73 Å². The molecule has 0 amide bonds. The van der Waals surface area contributed by atoms with Gasteiger partial charge in [0.2, 0.25) is 0 Å². The Labute approximate surface area is 91.8 Å². The summed E-state index contributed by atoms with van der Waals surface area (Å²) >= 11 is 0. The maximum Gasteiger partial charge on any atom is 0.307 e. The molecule has 1 aliphatic heterocycles. The first-order valence-corrected chi connectivity index (χ1v) is 5.56. The molecule has 1 fully saturated rings. The second kappa shape index (κ2) is 4.94. The van der Waals surface area contributed by atoms with Crippen LogP contribution in [-0.2, 0) is 9.53 Å². The molecule has 1 saturated heterocycles. The van der Waals surface area contributed by atoms with Gasteiger partial charge in [0.15, 0.2) is 0 Å². The average molecular weight is 214 g/mol. The van der Waals surface area contributed by atoms with Crippen molar-refractivity contribution in [1.29, 1.82) is 0 Å². The lowest BCUT2D eigenvalue weighted by Gasteiger charge is -2.40. The number of piperidine rings is 1. The van der Waals surface area contributed by atoms with Crippen LogP contribution in [0.5, 0.6) is 0 Å². The van der Waals surface area contributed by atoms with E-state index in [0.29, 0.717) is 12.5 Å². The minimum absolute atomic E-state index is 0.199. The molecule has 0 unspecified atom stereocenters. The van der Waals surface area contributed by atoms with Gasteiger partial charge in [-0.25, -0.2) is 0 Å². The molecule has 0 radical (unpaired) electrons. The Hall–Kier alpha value is -0.610. The minimum Gasteiger partial charge on any atom is -0.469 e. The Bertz CT molecular complexity index is 221. The number of ether oxygens (including phenoxy) is 1. The predicted octanol–water partition coefficient (Wildman–Crippen LogP) is 0.751. The topological polar surface area (TPSA) is 55.6 Å². The van der Waals surface area contributed by atoms with E-state index in [4.69, 9.17) is 5.73 Å². The molecule has 2 N–H and O–H groups in total. The fourth-order valence-electron chi connectivity index (χ4n) is 2.02. The van der Waals surface area contributed by atoms with Crippen molar-refractivity contribution in [3.05, 3.63) is 0 Å². The van der Waals surface area contributed by atoms with Crippen molar-refractivity contribution < 1.29 is 9.53 Å². The molecule has 0 bridgehead atoms. The van der Waals surface area contributed by atoms with E-state index in [1.54, 1.807) is 0 Å². The zero-order chi connectivity index (χ0) is 11.5. The maximum atomic E-state index is 11.2. The Morgan fingerprint density at radius 2 is 2.00 bits per heavy atom. The summed E-state index contributed by atoms with van der Waals surface area (Å²) < 4.78 is 4.66. The van der Waals surface area contributed by atoms with Gasteiger partial charge in [-0.15, -0.1) is 0 Å². The van der Waals surface area contributed by atoms with Crippen LogP contribution < -0.4 is 5.73 Å². The third-order valence-corrected chi connectivity index (χ3v) is 3.25. The van der Waals surface area contributed by atoms with Crippen LogP contribution in [-0.4, -0.2) is 42.6 Å². The summed E-state index contributed by atoms with van der Waals surface area (Å²) in [6.45, 7) is 6.32. The van der Waals surface area contributed by atoms with E-state index in [1.807, 2.05) is 0 Å². The second-order valence-electron chi connectivity index (χ2n) is 4.74. The highest BCUT2D eigenvalue weighted by atomic mass is 16.5. The van der Waals surface area contributed by atoms with Gasteiger partial charge in [0, 0.05) is 24.7 Å². The number of hydrogen-bond donors (Lipinski definition) is 1. The van der Waals surface area contributed by atoms with E-state index in [9.17, 15) is 4.79 Å². The molecule has 0 aliphatic carbocycles. The molecule has 88 valence electrons. The summed E-state index contributed by atoms with van der Waals surface area (Å²) in [7, 11) is 1.41. The van der Waals surface area contributed by atoms with Crippen molar-refractivity contribution in [1.82, 2.24) is 4.90 Å². The Morgan fingerprint density at radius 3 is 2.40 bits per heavy atom. The summed E-state index contributed by atoms with van der Waals surface area (Å²) in [5.74, 6) is -0.199. The third-order valence-electron chi connectivity index (χ3n) is 3.25. The number of methoxy groups -OCH3 is 1. The molecule has 0 aromatic rings. The van der Waals surface area contributed by atoms with E-state index >= 15 is 0 Å². The smallest absolute Gasteiger partial charge is 0.307 e. The van der Waals surface area contributed by atoms with Crippen LogP contribution >= 0.6 is 0 Å². The fourth-order valence-corrected chi connectivity index (χ4v) is 2.02. The first-order valence-electron chi connectivity index (χ1n) is 5.56. The molecule has 1 aliphatic rings. The van der Waals surface area contributed by atoms with Crippen molar-refractivity contribution >= 4 is 5.97 Å². The zero-order valence-electron chi connectivity index (χ0n) is 9.95. The summed E-state index contributed by atoms with van der Waals surface area (Å²) in [6, 6.07) is 0.563. The Morgan fingerprint density at radius 1 is 1.47 bits per heavy atom. The highest BCUT2D eigenvalue weighted by Crippen LogP contribution is 2.24. The standard InChI is InChI=1S/C11H22N2O2/c1-9(2)13-6-4-11(12,5-7-13)8-10(14)15-3/h9H,4-8,12H2,1-3H3. The largest absolute Gasteiger partial charge is 0.469 e. The van der Waals surface area contributed by atoms with Gasteiger partial charge in [0.25, 0.3) is 0 Å². The van der Waals surface area contributed by atoms with Gasteiger partial charge in [-0.2, -0.15) is 0 Å². The number of carbonyl (C=O) groups is 1. The lowest BCUT2D eigenvalue weighted by atomic mass is 9.85. The minimum atomic E-state index is -0.349. The van der Waals surface area contributed by atoms with Crippen molar-refractivity contribution in [2.75, 3.05) is 20.2 Å². The van der Waals surface area contributed by atoms with E-state index in [1.165, 1.54) is 7.11 Å². The Balaban J connectivity index is 2.44. The number of nitrogens with two attached hydrogens (primary N) is 1. The molecule has 4 heteroatoms.